The van der Waals surface area contributed by atoms with Crippen LogP contribution in [0.15, 0.2) is 60.2 Å². The van der Waals surface area contributed by atoms with Crippen LogP contribution in [0.5, 0.6) is 0 Å². The Kier molecular flexibility index (Phi) is 4.07. The largest absolute Gasteiger partial charge is 0.343 e. The summed E-state index contributed by atoms with van der Waals surface area (Å²) in [6, 6.07) is 13.3. The Labute approximate surface area is 126 Å². The van der Waals surface area contributed by atoms with Gasteiger partial charge < -0.3 is 5.32 Å². The van der Waals surface area contributed by atoms with Crippen LogP contribution in [-0.4, -0.2) is 20.9 Å². The molecule has 0 aliphatic carbocycles. The van der Waals surface area contributed by atoms with Gasteiger partial charge in [-0.15, -0.1) is 11.3 Å². The molecule has 21 heavy (non-hydrogen) atoms. The second kappa shape index (κ2) is 6.32. The highest BCUT2D eigenvalue weighted by molar-refractivity contribution is 7.12. The summed E-state index contributed by atoms with van der Waals surface area (Å²) in [7, 11) is 0. The lowest BCUT2D eigenvalue weighted by atomic mass is 10.1. The lowest BCUT2D eigenvalue weighted by molar-refractivity contribution is 0.0935. The SMILES string of the molecule is O=C(NC(Cn1nccn1)c1ccccc1)c1cccs1. The number of hydrogen-bond acceptors (Lipinski definition) is 4. The molecule has 5 nitrogen and oxygen atoms in total. The molecule has 1 amide bonds. The Bertz CT molecular complexity index is 680. The highest BCUT2D eigenvalue weighted by Gasteiger charge is 2.17. The van der Waals surface area contributed by atoms with Crippen LogP contribution < -0.4 is 5.32 Å². The number of amides is 1. The summed E-state index contributed by atoms with van der Waals surface area (Å²) in [5.74, 6) is -0.0778. The molecule has 0 saturated heterocycles. The van der Waals surface area contributed by atoms with Crippen molar-refractivity contribution in [2.45, 2.75) is 12.6 Å². The van der Waals surface area contributed by atoms with E-state index in [4.69, 9.17) is 0 Å². The average Bonchev–Trinajstić information content (AvgIpc) is 3.21. The summed E-state index contributed by atoms with van der Waals surface area (Å²) in [5.41, 5.74) is 1.03. The minimum absolute atomic E-state index is 0.0778. The Morgan fingerprint density at radius 2 is 1.90 bits per heavy atom. The fraction of sp³-hybridized carbons (Fsp3) is 0.133. The van der Waals surface area contributed by atoms with Crippen molar-refractivity contribution >= 4 is 17.2 Å². The summed E-state index contributed by atoms with van der Waals surface area (Å²) >= 11 is 1.43. The molecule has 0 aliphatic heterocycles. The van der Waals surface area contributed by atoms with Crippen LogP contribution in [0.3, 0.4) is 0 Å². The van der Waals surface area contributed by atoms with Gasteiger partial charge in [-0.05, 0) is 17.0 Å². The van der Waals surface area contributed by atoms with Crippen LogP contribution in [0, 0.1) is 0 Å². The Hall–Kier alpha value is -2.47. The number of aromatic nitrogens is 3. The van der Waals surface area contributed by atoms with E-state index in [0.717, 1.165) is 5.56 Å². The van der Waals surface area contributed by atoms with Crippen LogP contribution in [0.4, 0.5) is 0 Å². The zero-order valence-electron chi connectivity index (χ0n) is 11.2. The second-order valence-corrected chi connectivity index (χ2v) is 5.45. The standard InChI is InChI=1S/C15H14N4OS/c20-15(14-7-4-10-21-14)18-13(11-19-16-8-9-17-19)12-5-2-1-3-6-12/h1-10,13H,11H2,(H,18,20). The van der Waals surface area contributed by atoms with Gasteiger partial charge >= 0.3 is 0 Å². The van der Waals surface area contributed by atoms with Crippen LogP contribution in [-0.2, 0) is 6.54 Å². The number of benzene rings is 1. The third-order valence-electron chi connectivity index (χ3n) is 3.06. The van der Waals surface area contributed by atoms with Crippen LogP contribution in [0.2, 0.25) is 0 Å². The van der Waals surface area contributed by atoms with Crippen molar-refractivity contribution in [3.8, 4) is 0 Å². The van der Waals surface area contributed by atoms with E-state index < -0.39 is 0 Å². The van der Waals surface area contributed by atoms with Crippen molar-refractivity contribution in [2.75, 3.05) is 0 Å². The van der Waals surface area contributed by atoms with Gasteiger partial charge in [0.05, 0.1) is 29.9 Å². The molecule has 0 spiro atoms. The Morgan fingerprint density at radius 3 is 2.57 bits per heavy atom. The van der Waals surface area contributed by atoms with Crippen LogP contribution >= 0.6 is 11.3 Å². The fourth-order valence-corrected chi connectivity index (χ4v) is 2.68. The molecule has 1 atom stereocenters. The monoisotopic (exact) mass is 298 g/mol. The van der Waals surface area contributed by atoms with Gasteiger partial charge in [-0.3, -0.25) is 4.79 Å². The first-order chi connectivity index (χ1) is 10.3. The van der Waals surface area contributed by atoms with Gasteiger partial charge in [-0.25, -0.2) is 0 Å². The Morgan fingerprint density at radius 1 is 1.14 bits per heavy atom. The third kappa shape index (κ3) is 3.35. The molecule has 2 heterocycles. The maximum absolute atomic E-state index is 12.3. The van der Waals surface area contributed by atoms with E-state index in [1.165, 1.54) is 11.3 Å². The lowest BCUT2D eigenvalue weighted by Gasteiger charge is -2.18. The lowest BCUT2D eigenvalue weighted by Crippen LogP contribution is -2.31. The highest BCUT2D eigenvalue weighted by atomic mass is 32.1. The topological polar surface area (TPSA) is 59.8 Å². The van der Waals surface area contributed by atoms with E-state index in [1.54, 1.807) is 17.2 Å². The molecule has 0 aliphatic rings. The van der Waals surface area contributed by atoms with Crippen molar-refractivity contribution in [1.82, 2.24) is 20.3 Å². The first-order valence-corrected chi connectivity index (χ1v) is 7.44. The highest BCUT2D eigenvalue weighted by Crippen LogP contribution is 2.16. The molecule has 0 bridgehead atoms. The summed E-state index contributed by atoms with van der Waals surface area (Å²) in [6.07, 6.45) is 3.26. The van der Waals surface area contributed by atoms with Crippen LogP contribution in [0.25, 0.3) is 0 Å². The summed E-state index contributed by atoms with van der Waals surface area (Å²) in [6.45, 7) is 0.494. The summed E-state index contributed by atoms with van der Waals surface area (Å²) < 4.78 is 0. The number of hydrogen-bond donors (Lipinski definition) is 1. The minimum atomic E-state index is -0.173. The molecule has 3 aromatic rings. The minimum Gasteiger partial charge on any atom is -0.343 e. The molecule has 0 saturated carbocycles. The summed E-state index contributed by atoms with van der Waals surface area (Å²) in [4.78, 5) is 14.5. The number of nitrogens with one attached hydrogen (secondary N) is 1. The molecule has 0 fully saturated rings. The van der Waals surface area contributed by atoms with Gasteiger partial charge in [0, 0.05) is 0 Å². The third-order valence-corrected chi connectivity index (χ3v) is 3.93. The molecule has 0 radical (unpaired) electrons. The number of thiophene rings is 1. The number of carbonyl (C=O) groups excluding carboxylic acids is 1. The van der Waals surface area contributed by atoms with Crippen molar-refractivity contribution in [2.24, 2.45) is 0 Å². The van der Waals surface area contributed by atoms with Crippen molar-refractivity contribution in [1.29, 1.82) is 0 Å². The summed E-state index contributed by atoms with van der Waals surface area (Å²) in [5, 5.41) is 13.2. The molecule has 3 rings (SSSR count). The number of rotatable bonds is 5. The van der Waals surface area contributed by atoms with Crippen LogP contribution in [0.1, 0.15) is 21.3 Å². The molecular formula is C15H14N4OS. The van der Waals surface area contributed by atoms with Gasteiger partial charge in [0.2, 0.25) is 0 Å². The maximum atomic E-state index is 12.3. The molecule has 6 heteroatoms. The van der Waals surface area contributed by atoms with Crippen molar-refractivity contribution < 1.29 is 4.79 Å². The fourth-order valence-electron chi connectivity index (χ4n) is 2.06. The maximum Gasteiger partial charge on any atom is 0.261 e. The van der Waals surface area contributed by atoms with Gasteiger partial charge in [0.15, 0.2) is 0 Å². The van der Waals surface area contributed by atoms with Gasteiger partial charge in [0.1, 0.15) is 0 Å². The smallest absolute Gasteiger partial charge is 0.261 e. The quantitative estimate of drug-likeness (QED) is 0.787. The second-order valence-electron chi connectivity index (χ2n) is 4.50. The van der Waals surface area contributed by atoms with E-state index in [2.05, 4.69) is 15.5 Å². The van der Waals surface area contributed by atoms with E-state index in [9.17, 15) is 4.79 Å². The van der Waals surface area contributed by atoms with Gasteiger partial charge in [-0.2, -0.15) is 15.0 Å². The Balaban J connectivity index is 1.80. The zero-order valence-corrected chi connectivity index (χ0v) is 12.0. The normalized spacial score (nSPS) is 12.0. The molecule has 1 aromatic carbocycles. The molecule has 1 N–H and O–H groups in total. The van der Waals surface area contributed by atoms with E-state index in [0.29, 0.717) is 11.4 Å². The number of carbonyl (C=O) groups is 1. The van der Waals surface area contributed by atoms with E-state index >= 15 is 0 Å². The molecular weight excluding hydrogens is 284 g/mol. The molecule has 2 aromatic heterocycles. The predicted octanol–water partition coefficient (Wildman–Crippen LogP) is 2.51. The first-order valence-electron chi connectivity index (χ1n) is 6.56. The van der Waals surface area contributed by atoms with Gasteiger partial charge in [0.25, 0.3) is 5.91 Å². The average molecular weight is 298 g/mol. The van der Waals surface area contributed by atoms with E-state index in [1.807, 2.05) is 47.8 Å². The first kappa shape index (κ1) is 13.5. The predicted molar refractivity (Wildman–Crippen MR) is 81.0 cm³/mol. The zero-order chi connectivity index (χ0) is 14.5. The van der Waals surface area contributed by atoms with Crippen molar-refractivity contribution in [3.63, 3.8) is 0 Å². The van der Waals surface area contributed by atoms with Crippen molar-refractivity contribution in [3.05, 3.63) is 70.7 Å². The van der Waals surface area contributed by atoms with E-state index in [-0.39, 0.29) is 11.9 Å². The molecule has 106 valence electrons. The number of nitrogens with zero attached hydrogens (tertiary/aromatic N) is 3. The molecule has 1 unspecified atom stereocenters. The van der Waals surface area contributed by atoms with Gasteiger partial charge in [-0.1, -0.05) is 36.4 Å².